The molecule has 22 heteroatoms. The number of likely N-dealkylation sites (tertiary alicyclic amines) is 1. The van der Waals surface area contributed by atoms with E-state index in [0.717, 1.165) is 4.90 Å². The fourth-order valence-electron chi connectivity index (χ4n) is 8.44. The van der Waals surface area contributed by atoms with Gasteiger partial charge in [0.15, 0.2) is 0 Å². The summed E-state index contributed by atoms with van der Waals surface area (Å²) in [5.41, 5.74) is 9.79. The average Bonchev–Trinajstić information content (AvgIpc) is 4.13. The first-order valence-corrected chi connectivity index (χ1v) is 22.4. The normalized spacial score (nSPS) is 13.8. The van der Waals surface area contributed by atoms with Gasteiger partial charge in [0.05, 0.1) is 36.1 Å². The zero-order chi connectivity index (χ0) is 49.1. The number of methoxy groups -OCH3 is 1. The molecule has 2 aliphatic heterocycles. The molecule has 1 fully saturated rings. The van der Waals surface area contributed by atoms with Crippen molar-refractivity contribution < 1.29 is 43.0 Å². The summed E-state index contributed by atoms with van der Waals surface area (Å²) in [7, 11) is 1.45. The largest absolute Gasteiger partial charge is 0.494 e. The summed E-state index contributed by atoms with van der Waals surface area (Å²) >= 11 is 0. The van der Waals surface area contributed by atoms with E-state index in [1.807, 2.05) is 26.0 Å². The number of allylic oxidation sites excluding steroid dienone is 2. The first-order chi connectivity index (χ1) is 33.2. The van der Waals surface area contributed by atoms with Crippen LogP contribution in [0.4, 0.5) is 11.9 Å². The van der Waals surface area contributed by atoms with Gasteiger partial charge in [-0.05, 0) is 76.4 Å². The monoisotopic (exact) mass is 941 g/mol. The van der Waals surface area contributed by atoms with Gasteiger partial charge in [0.1, 0.15) is 40.2 Å². The topological polar surface area (TPSA) is 266 Å². The molecule has 0 unspecified atom stereocenters. The molecule has 0 spiro atoms. The zero-order valence-electron chi connectivity index (χ0n) is 38.7. The van der Waals surface area contributed by atoms with E-state index in [9.17, 15) is 33.6 Å². The predicted molar refractivity (Wildman–Crippen MR) is 251 cm³/mol. The number of aryl methyl sites for hydroxylation is 4. The van der Waals surface area contributed by atoms with Gasteiger partial charge in [-0.15, -0.1) is 0 Å². The Bertz CT molecular complexity index is 3090. The fraction of sp³-hybridized carbons (Fsp3) is 0.340. The van der Waals surface area contributed by atoms with Crippen LogP contribution in [0.1, 0.15) is 79.8 Å². The van der Waals surface area contributed by atoms with Gasteiger partial charge >= 0.3 is 0 Å². The number of imidazole rings is 2. The third-order valence-corrected chi connectivity index (χ3v) is 11.9. The molecule has 0 aliphatic carbocycles. The molecule has 0 bridgehead atoms. The lowest BCUT2D eigenvalue weighted by molar-refractivity contribution is -0.140. The number of aromatic nitrogens is 8. The van der Waals surface area contributed by atoms with Crippen LogP contribution < -0.4 is 25.8 Å². The number of hydrogen-bond donors (Lipinski definition) is 3. The Hall–Kier alpha value is -8.43. The van der Waals surface area contributed by atoms with Crippen LogP contribution in [0.2, 0.25) is 0 Å². The van der Waals surface area contributed by atoms with Crippen molar-refractivity contribution in [3.05, 3.63) is 94.6 Å². The van der Waals surface area contributed by atoms with Gasteiger partial charge in [-0.2, -0.15) is 10.2 Å². The highest BCUT2D eigenvalue weighted by Gasteiger charge is 2.32. The Balaban J connectivity index is 1.07. The summed E-state index contributed by atoms with van der Waals surface area (Å²) in [6.45, 7) is 9.72. The third kappa shape index (κ3) is 9.71. The average molecular weight is 942 g/mol. The van der Waals surface area contributed by atoms with Crippen LogP contribution in [0.3, 0.4) is 0 Å². The second-order valence-electron chi connectivity index (χ2n) is 16.6. The summed E-state index contributed by atoms with van der Waals surface area (Å²) < 4.78 is 18.7. The van der Waals surface area contributed by atoms with Gasteiger partial charge in [-0.1, -0.05) is 12.2 Å². The number of nitrogens with zero attached hydrogens (tertiary/aromatic N) is 10. The molecule has 2 aliphatic rings. The van der Waals surface area contributed by atoms with Crippen LogP contribution in [-0.4, -0.2) is 124 Å². The number of aldehydes is 1. The van der Waals surface area contributed by atoms with Crippen molar-refractivity contribution in [1.82, 2.24) is 48.5 Å². The number of nitrogens with one attached hydrogen (secondary N) is 2. The number of imide groups is 1. The van der Waals surface area contributed by atoms with Gasteiger partial charge < -0.3 is 29.2 Å². The molecular formula is C47H51N13O9. The summed E-state index contributed by atoms with van der Waals surface area (Å²) in [6, 6.07) is 9.59. The standard InChI is InChI=1S/C47H51N13O9/c1-6-59-34(18-27(3)53-59)44(66)51-46-49-32-20-30(26-61)21-37(69-17-13-29-24-55(25-29)38(62)12-16-56-39(63)10-11-40(56)64)42(32)58(46)15-9-8-14-57-41-33(22-31(43(48)65)23-36(41)68-5)50-47(57)52-45(67)35-19-28(4)54-60(35)7-2/h8-11,18-23,26,29H,6-7,12-17,24-25H2,1-5H3,(H2,48,65)(H,49,51,66)(H,50,52,67)/b9-8+. The van der Waals surface area contributed by atoms with Gasteiger partial charge in [-0.25, -0.2) is 9.97 Å². The smallest absolute Gasteiger partial charge is 0.276 e. The molecule has 0 atom stereocenters. The number of anilines is 2. The maximum absolute atomic E-state index is 13.9. The van der Waals surface area contributed by atoms with Crippen LogP contribution in [0, 0.1) is 19.8 Å². The van der Waals surface area contributed by atoms with E-state index in [0.29, 0.717) is 101 Å². The van der Waals surface area contributed by atoms with E-state index in [2.05, 4.69) is 20.8 Å². The Morgan fingerprint density at radius 1 is 0.783 bits per heavy atom. The number of fused-ring (bicyclic) bond motifs is 2. The lowest BCUT2D eigenvalue weighted by Crippen LogP contribution is -2.51. The molecule has 4 aromatic heterocycles. The van der Waals surface area contributed by atoms with Gasteiger partial charge in [0.25, 0.3) is 23.6 Å². The second kappa shape index (κ2) is 19.8. The molecule has 1 saturated heterocycles. The quantitative estimate of drug-likeness (QED) is 0.0561. The van der Waals surface area contributed by atoms with Crippen LogP contribution in [0.5, 0.6) is 11.5 Å². The van der Waals surface area contributed by atoms with Crippen molar-refractivity contribution >= 4 is 75.7 Å². The Kier molecular flexibility index (Phi) is 13.5. The van der Waals surface area contributed by atoms with Crippen molar-refractivity contribution in [1.29, 1.82) is 0 Å². The lowest BCUT2D eigenvalue weighted by Gasteiger charge is -2.39. The van der Waals surface area contributed by atoms with Crippen molar-refractivity contribution in [2.45, 2.75) is 66.7 Å². The van der Waals surface area contributed by atoms with Crippen molar-refractivity contribution in [3.63, 3.8) is 0 Å². The number of carbonyl (C=O) groups is 7. The molecule has 4 N–H and O–H groups in total. The lowest BCUT2D eigenvalue weighted by atomic mass is 9.96. The molecule has 8 rings (SSSR count). The molecule has 6 heterocycles. The summed E-state index contributed by atoms with van der Waals surface area (Å²) in [6.07, 6.45) is 7.33. The number of rotatable bonds is 20. The molecule has 2 aromatic carbocycles. The number of hydrogen-bond acceptors (Lipinski definition) is 13. The molecule has 0 radical (unpaired) electrons. The molecule has 6 amide bonds. The predicted octanol–water partition coefficient (Wildman–Crippen LogP) is 3.66. The van der Waals surface area contributed by atoms with E-state index in [1.54, 1.807) is 61.5 Å². The zero-order valence-corrected chi connectivity index (χ0v) is 38.7. The van der Waals surface area contributed by atoms with E-state index < -0.39 is 29.5 Å². The third-order valence-electron chi connectivity index (χ3n) is 11.9. The van der Waals surface area contributed by atoms with Gasteiger partial charge in [0, 0.05) is 75.5 Å². The van der Waals surface area contributed by atoms with Crippen LogP contribution in [0.15, 0.2) is 60.7 Å². The van der Waals surface area contributed by atoms with Crippen LogP contribution in [0.25, 0.3) is 22.1 Å². The van der Waals surface area contributed by atoms with Crippen LogP contribution >= 0.6 is 0 Å². The van der Waals surface area contributed by atoms with E-state index in [-0.39, 0.29) is 61.9 Å². The molecule has 358 valence electrons. The highest BCUT2D eigenvalue weighted by molar-refractivity contribution is 6.13. The van der Waals surface area contributed by atoms with Crippen molar-refractivity contribution in [2.75, 3.05) is 44.0 Å². The molecule has 0 saturated carbocycles. The number of primary amides is 1. The van der Waals surface area contributed by atoms with Gasteiger partial charge in [0.2, 0.25) is 23.7 Å². The summed E-state index contributed by atoms with van der Waals surface area (Å²) in [5.74, 6) is -1.52. The van der Waals surface area contributed by atoms with Gasteiger partial charge in [-0.3, -0.25) is 58.5 Å². The minimum atomic E-state index is -0.685. The Morgan fingerprint density at radius 3 is 1.86 bits per heavy atom. The first kappa shape index (κ1) is 47.1. The highest BCUT2D eigenvalue weighted by atomic mass is 16.5. The first-order valence-electron chi connectivity index (χ1n) is 22.4. The fourth-order valence-corrected chi connectivity index (χ4v) is 8.44. The van der Waals surface area contributed by atoms with E-state index in [4.69, 9.17) is 25.2 Å². The van der Waals surface area contributed by atoms with E-state index >= 15 is 0 Å². The number of carbonyl (C=O) groups excluding carboxylic acids is 7. The van der Waals surface area contributed by atoms with E-state index in [1.165, 1.54) is 31.4 Å². The minimum absolute atomic E-state index is 0.0181. The maximum atomic E-state index is 13.9. The SMILES string of the molecule is CCn1nc(C)cc1C(=O)Nc1nc2cc(C(N)=O)cc(OC)c2n1C/C=C/Cn1c(NC(=O)c2cc(C)nn2CC)nc2cc(C=O)cc(OCCC3CN(C(=O)CCN4C(=O)C=CC4=O)C3)c21. The number of nitrogens with two attached hydrogens (primary N) is 1. The number of amides is 6. The number of ether oxygens (including phenoxy) is 2. The molecule has 22 nitrogen and oxygen atoms in total. The molecule has 6 aromatic rings. The number of benzene rings is 2. The summed E-state index contributed by atoms with van der Waals surface area (Å²) in [5, 5.41) is 14.7. The van der Waals surface area contributed by atoms with Crippen LogP contribution in [-0.2, 0) is 40.6 Å². The second-order valence-corrected chi connectivity index (χ2v) is 16.6. The molecule has 69 heavy (non-hydrogen) atoms. The van der Waals surface area contributed by atoms with Crippen molar-refractivity contribution in [2.24, 2.45) is 11.7 Å². The Morgan fingerprint density at radius 2 is 1.33 bits per heavy atom. The minimum Gasteiger partial charge on any atom is -0.494 e. The highest BCUT2D eigenvalue weighted by Crippen LogP contribution is 2.33. The Labute approximate surface area is 394 Å². The maximum Gasteiger partial charge on any atom is 0.276 e. The van der Waals surface area contributed by atoms with Crippen molar-refractivity contribution in [3.8, 4) is 11.5 Å². The molecular weight excluding hydrogens is 891 g/mol. The summed E-state index contributed by atoms with van der Waals surface area (Å²) in [4.78, 5) is 101.